The first-order chi connectivity index (χ1) is 12.1. The molecule has 3 heterocycles. The van der Waals surface area contributed by atoms with Gasteiger partial charge in [-0.3, -0.25) is 4.90 Å². The largest absolute Gasteiger partial charge is 0.481 e. The van der Waals surface area contributed by atoms with E-state index in [1.165, 1.54) is 0 Å². The Labute approximate surface area is 154 Å². The van der Waals surface area contributed by atoms with Gasteiger partial charge in [-0.25, -0.2) is 9.78 Å². The Morgan fingerprint density at radius 3 is 2.42 bits per heavy atom. The standard InChI is InChI=1S/C19H28N2O5/c1-12-15(6-7-16(20-12)24-5)19(23)8-13-10-25-11-14(9-19)21(13)17(22)26-18(2,3)4/h6-7,13-14,23H,8-11H2,1-5H3. The van der Waals surface area contributed by atoms with E-state index in [2.05, 4.69) is 4.98 Å². The molecule has 1 aromatic heterocycles. The number of rotatable bonds is 2. The number of hydrogen-bond donors (Lipinski definition) is 1. The molecule has 26 heavy (non-hydrogen) atoms. The van der Waals surface area contributed by atoms with E-state index in [0.29, 0.717) is 31.9 Å². The summed E-state index contributed by atoms with van der Waals surface area (Å²) in [6.07, 6.45) is 0.428. The predicted molar refractivity (Wildman–Crippen MR) is 95.1 cm³/mol. The number of methoxy groups -OCH3 is 1. The number of carbonyl (C=O) groups is 1. The number of piperidine rings is 1. The normalized spacial score (nSPS) is 28.6. The lowest BCUT2D eigenvalue weighted by Gasteiger charge is -2.51. The molecule has 2 fully saturated rings. The highest BCUT2D eigenvalue weighted by molar-refractivity contribution is 5.69. The van der Waals surface area contributed by atoms with Crippen molar-refractivity contribution in [1.82, 2.24) is 9.88 Å². The van der Waals surface area contributed by atoms with Crippen molar-refractivity contribution in [2.75, 3.05) is 20.3 Å². The predicted octanol–water partition coefficient (Wildman–Crippen LogP) is 2.38. The summed E-state index contributed by atoms with van der Waals surface area (Å²) in [5.41, 5.74) is -0.104. The van der Waals surface area contributed by atoms with Crippen LogP contribution in [0.15, 0.2) is 12.1 Å². The van der Waals surface area contributed by atoms with E-state index in [4.69, 9.17) is 14.2 Å². The SMILES string of the molecule is COc1ccc(C2(O)CC3COCC(C2)N3C(=O)OC(C)(C)C)c(C)n1. The first-order valence-corrected chi connectivity index (χ1v) is 8.96. The van der Waals surface area contributed by atoms with E-state index < -0.39 is 11.2 Å². The molecule has 0 spiro atoms. The molecular formula is C19H28N2O5. The van der Waals surface area contributed by atoms with Crippen molar-refractivity contribution in [3.8, 4) is 5.88 Å². The number of aryl methyl sites for hydroxylation is 1. The lowest BCUT2D eigenvalue weighted by molar-refractivity contribution is -0.141. The third kappa shape index (κ3) is 3.64. The third-order valence-corrected chi connectivity index (χ3v) is 4.93. The van der Waals surface area contributed by atoms with Gasteiger partial charge in [-0.1, -0.05) is 0 Å². The molecule has 7 nitrogen and oxygen atoms in total. The van der Waals surface area contributed by atoms with Gasteiger partial charge in [0.15, 0.2) is 0 Å². The van der Waals surface area contributed by atoms with Gasteiger partial charge >= 0.3 is 6.09 Å². The van der Waals surface area contributed by atoms with Gasteiger partial charge in [-0.15, -0.1) is 0 Å². The lowest BCUT2D eigenvalue weighted by atomic mass is 9.76. The number of hydrogen-bond acceptors (Lipinski definition) is 6. The summed E-state index contributed by atoms with van der Waals surface area (Å²) in [7, 11) is 1.57. The van der Waals surface area contributed by atoms with Crippen LogP contribution >= 0.6 is 0 Å². The Morgan fingerprint density at radius 2 is 1.92 bits per heavy atom. The minimum Gasteiger partial charge on any atom is -0.481 e. The van der Waals surface area contributed by atoms with Gasteiger partial charge < -0.3 is 19.3 Å². The van der Waals surface area contributed by atoms with Crippen LogP contribution in [-0.4, -0.2) is 59.1 Å². The Bertz CT molecular complexity index is 671. The fourth-order valence-electron chi connectivity index (χ4n) is 3.95. The van der Waals surface area contributed by atoms with Gasteiger partial charge in [-0.05, 0) is 33.8 Å². The van der Waals surface area contributed by atoms with Crippen LogP contribution in [0.1, 0.15) is 44.9 Å². The van der Waals surface area contributed by atoms with Crippen LogP contribution in [0.25, 0.3) is 0 Å². The summed E-state index contributed by atoms with van der Waals surface area (Å²) < 4.78 is 16.4. The molecule has 0 radical (unpaired) electrons. The Hall–Kier alpha value is -1.86. The molecule has 2 bridgehead atoms. The van der Waals surface area contributed by atoms with Crippen LogP contribution in [0, 0.1) is 6.92 Å². The highest BCUT2D eigenvalue weighted by Crippen LogP contribution is 2.42. The Morgan fingerprint density at radius 1 is 1.31 bits per heavy atom. The average Bonchev–Trinajstić information content (AvgIpc) is 2.51. The molecular weight excluding hydrogens is 336 g/mol. The minimum absolute atomic E-state index is 0.233. The van der Waals surface area contributed by atoms with Crippen LogP contribution in [-0.2, 0) is 15.1 Å². The number of carbonyl (C=O) groups excluding carboxylic acids is 1. The lowest BCUT2D eigenvalue weighted by Crippen LogP contribution is -2.63. The van der Waals surface area contributed by atoms with Crippen LogP contribution in [0.4, 0.5) is 4.79 Å². The summed E-state index contributed by atoms with van der Waals surface area (Å²) in [5.74, 6) is 0.518. The van der Waals surface area contributed by atoms with Crippen LogP contribution in [0.3, 0.4) is 0 Å². The number of amides is 1. The molecule has 2 saturated heterocycles. The van der Waals surface area contributed by atoms with E-state index in [1.54, 1.807) is 18.1 Å². The fraction of sp³-hybridized carbons (Fsp3) is 0.684. The van der Waals surface area contributed by atoms with Gasteiger partial charge in [0.1, 0.15) is 5.60 Å². The van der Waals surface area contributed by atoms with Crippen molar-refractivity contribution in [2.45, 2.75) is 63.8 Å². The van der Waals surface area contributed by atoms with Crippen molar-refractivity contribution < 1.29 is 24.1 Å². The quantitative estimate of drug-likeness (QED) is 0.868. The van der Waals surface area contributed by atoms with Crippen molar-refractivity contribution in [3.63, 3.8) is 0 Å². The summed E-state index contributed by atoms with van der Waals surface area (Å²) in [5, 5.41) is 11.4. The van der Waals surface area contributed by atoms with Crippen molar-refractivity contribution in [3.05, 3.63) is 23.4 Å². The average molecular weight is 364 g/mol. The molecule has 0 aromatic carbocycles. The fourth-order valence-corrected chi connectivity index (χ4v) is 3.95. The molecule has 1 N–H and O–H groups in total. The van der Waals surface area contributed by atoms with Gasteiger partial charge in [0.25, 0.3) is 0 Å². The maximum atomic E-state index is 12.7. The van der Waals surface area contributed by atoms with Gasteiger partial charge in [0, 0.05) is 30.2 Å². The van der Waals surface area contributed by atoms with Gasteiger partial charge in [-0.2, -0.15) is 0 Å². The van der Waals surface area contributed by atoms with Crippen LogP contribution < -0.4 is 4.74 Å². The Balaban J connectivity index is 1.86. The molecule has 2 atom stereocenters. The molecule has 1 aromatic rings. The second kappa shape index (κ2) is 6.70. The van der Waals surface area contributed by atoms with Crippen LogP contribution in [0.2, 0.25) is 0 Å². The van der Waals surface area contributed by atoms with Crippen molar-refractivity contribution >= 4 is 6.09 Å². The van der Waals surface area contributed by atoms with Crippen molar-refractivity contribution in [1.29, 1.82) is 0 Å². The van der Waals surface area contributed by atoms with E-state index >= 15 is 0 Å². The topological polar surface area (TPSA) is 81.1 Å². The van der Waals surface area contributed by atoms with Crippen LogP contribution in [0.5, 0.6) is 5.88 Å². The number of ether oxygens (including phenoxy) is 3. The summed E-state index contributed by atoms with van der Waals surface area (Å²) in [6.45, 7) is 8.20. The third-order valence-electron chi connectivity index (χ3n) is 4.93. The number of aliphatic hydroxyl groups is 1. The van der Waals surface area contributed by atoms with E-state index in [9.17, 15) is 9.90 Å². The number of pyridine rings is 1. The number of morpholine rings is 1. The summed E-state index contributed by atoms with van der Waals surface area (Å²) in [4.78, 5) is 18.8. The summed E-state index contributed by atoms with van der Waals surface area (Å²) >= 11 is 0. The first-order valence-electron chi connectivity index (χ1n) is 8.96. The molecule has 7 heteroatoms. The zero-order valence-corrected chi connectivity index (χ0v) is 16.1. The zero-order valence-electron chi connectivity index (χ0n) is 16.1. The molecule has 2 aliphatic heterocycles. The first kappa shape index (κ1) is 18.9. The molecule has 2 unspecified atom stereocenters. The number of aromatic nitrogens is 1. The van der Waals surface area contributed by atoms with E-state index in [1.807, 2.05) is 33.8 Å². The molecule has 0 aliphatic carbocycles. The Kier molecular flexibility index (Phi) is 4.88. The summed E-state index contributed by atoms with van der Waals surface area (Å²) in [6, 6.07) is 3.15. The molecule has 0 saturated carbocycles. The molecule has 1 amide bonds. The highest BCUT2D eigenvalue weighted by atomic mass is 16.6. The van der Waals surface area contributed by atoms with E-state index in [-0.39, 0.29) is 18.2 Å². The minimum atomic E-state index is -1.05. The van der Waals surface area contributed by atoms with Gasteiger partial charge in [0.2, 0.25) is 5.88 Å². The maximum absolute atomic E-state index is 12.7. The monoisotopic (exact) mass is 364 g/mol. The smallest absolute Gasteiger partial charge is 0.410 e. The highest BCUT2D eigenvalue weighted by Gasteiger charge is 2.50. The molecule has 144 valence electrons. The number of nitrogens with zero attached hydrogens (tertiary/aromatic N) is 2. The second-order valence-electron chi connectivity index (χ2n) is 8.16. The van der Waals surface area contributed by atoms with E-state index in [0.717, 1.165) is 11.3 Å². The molecule has 3 rings (SSSR count). The molecule has 2 aliphatic rings. The maximum Gasteiger partial charge on any atom is 0.410 e. The number of fused-ring (bicyclic) bond motifs is 2. The zero-order chi connectivity index (χ0) is 19.1. The second-order valence-corrected chi connectivity index (χ2v) is 8.16. The van der Waals surface area contributed by atoms with Crippen molar-refractivity contribution in [2.24, 2.45) is 0 Å². The van der Waals surface area contributed by atoms with Gasteiger partial charge in [0.05, 0.1) is 38.0 Å².